The van der Waals surface area contributed by atoms with Crippen LogP contribution in [0.15, 0.2) is 18.2 Å². The SMILES string of the molecule is CC(Br)c1ccc(B2OC(C)(C)C(C)(C)O2)cc1F. The van der Waals surface area contributed by atoms with Crippen molar-refractivity contribution in [3.05, 3.63) is 29.6 Å². The van der Waals surface area contributed by atoms with Gasteiger partial charge in [0.15, 0.2) is 0 Å². The lowest BCUT2D eigenvalue weighted by Crippen LogP contribution is -2.41. The third-order valence-corrected chi connectivity index (χ3v) is 4.47. The van der Waals surface area contributed by atoms with Crippen LogP contribution in [0.2, 0.25) is 0 Å². The van der Waals surface area contributed by atoms with Gasteiger partial charge >= 0.3 is 7.12 Å². The zero-order chi connectivity index (χ0) is 14.4. The number of hydrogen-bond acceptors (Lipinski definition) is 2. The third kappa shape index (κ3) is 2.74. The van der Waals surface area contributed by atoms with Gasteiger partial charge in [0.05, 0.1) is 11.2 Å². The fourth-order valence-corrected chi connectivity index (χ4v) is 2.36. The standard InChI is InChI=1S/C14H19BBrFO2/c1-9(16)11-7-6-10(8-12(11)17)15-18-13(2,3)14(4,5)19-15/h6-9H,1-5H3. The van der Waals surface area contributed by atoms with E-state index in [0.29, 0.717) is 11.0 Å². The zero-order valence-corrected chi connectivity index (χ0v) is 13.5. The second-order valence-electron chi connectivity index (χ2n) is 5.99. The van der Waals surface area contributed by atoms with Crippen molar-refractivity contribution in [2.24, 2.45) is 0 Å². The lowest BCUT2D eigenvalue weighted by molar-refractivity contribution is 0.00578. The number of benzene rings is 1. The molecule has 0 N–H and O–H groups in total. The predicted octanol–water partition coefficient (Wildman–Crippen LogP) is 3.58. The average Bonchev–Trinajstić information content (AvgIpc) is 2.47. The van der Waals surface area contributed by atoms with Gasteiger partial charge in [0.2, 0.25) is 0 Å². The highest BCUT2D eigenvalue weighted by Gasteiger charge is 2.51. The van der Waals surface area contributed by atoms with E-state index in [4.69, 9.17) is 9.31 Å². The van der Waals surface area contributed by atoms with E-state index in [1.807, 2.05) is 40.7 Å². The molecule has 1 fully saturated rings. The molecule has 5 heteroatoms. The summed E-state index contributed by atoms with van der Waals surface area (Å²) >= 11 is 3.38. The molecule has 1 aromatic rings. The van der Waals surface area contributed by atoms with Crippen LogP contribution in [-0.2, 0) is 9.31 Å². The minimum Gasteiger partial charge on any atom is -0.399 e. The first-order valence-electron chi connectivity index (χ1n) is 6.43. The molecule has 0 aliphatic carbocycles. The molecular formula is C14H19BBrFO2. The molecule has 1 aliphatic heterocycles. The van der Waals surface area contributed by atoms with Crippen LogP contribution in [0.4, 0.5) is 4.39 Å². The van der Waals surface area contributed by atoms with Crippen molar-refractivity contribution in [1.29, 1.82) is 0 Å². The summed E-state index contributed by atoms with van der Waals surface area (Å²) in [6, 6.07) is 5.13. The summed E-state index contributed by atoms with van der Waals surface area (Å²) in [7, 11) is -0.515. The van der Waals surface area contributed by atoms with Gasteiger partial charge in [0.25, 0.3) is 0 Å². The molecule has 1 atom stereocenters. The van der Waals surface area contributed by atoms with Gasteiger partial charge in [-0.25, -0.2) is 4.39 Å². The molecule has 1 aliphatic rings. The summed E-state index contributed by atoms with van der Waals surface area (Å²) in [5.41, 5.74) is 0.540. The Hall–Kier alpha value is -0.385. The van der Waals surface area contributed by atoms with Crippen molar-refractivity contribution < 1.29 is 13.7 Å². The van der Waals surface area contributed by atoms with E-state index >= 15 is 0 Å². The Morgan fingerprint density at radius 2 is 1.68 bits per heavy atom. The number of alkyl halides is 1. The van der Waals surface area contributed by atoms with Gasteiger partial charge in [-0.3, -0.25) is 0 Å². The first-order chi connectivity index (χ1) is 8.64. The summed E-state index contributed by atoms with van der Waals surface area (Å²) in [5, 5.41) is 0. The highest BCUT2D eigenvalue weighted by Crippen LogP contribution is 2.36. The summed E-state index contributed by atoms with van der Waals surface area (Å²) in [4.78, 5) is -0.0140. The maximum Gasteiger partial charge on any atom is 0.494 e. The number of hydrogen-bond donors (Lipinski definition) is 0. The average molecular weight is 329 g/mol. The Kier molecular flexibility index (Phi) is 3.84. The lowest BCUT2D eigenvalue weighted by Gasteiger charge is -2.32. The summed E-state index contributed by atoms with van der Waals surface area (Å²) in [6.45, 7) is 9.83. The van der Waals surface area contributed by atoms with Crippen LogP contribution in [0.3, 0.4) is 0 Å². The molecule has 0 aromatic heterocycles. The van der Waals surface area contributed by atoms with E-state index in [1.54, 1.807) is 6.07 Å². The van der Waals surface area contributed by atoms with E-state index < -0.39 is 18.3 Å². The molecule has 1 unspecified atom stereocenters. The molecule has 0 saturated carbocycles. The first kappa shape index (κ1) is 15.0. The van der Waals surface area contributed by atoms with E-state index in [2.05, 4.69) is 15.9 Å². The smallest absolute Gasteiger partial charge is 0.399 e. The lowest BCUT2D eigenvalue weighted by atomic mass is 9.78. The van der Waals surface area contributed by atoms with Crippen molar-refractivity contribution in [2.45, 2.75) is 50.6 Å². The summed E-state index contributed by atoms with van der Waals surface area (Å²) in [6.07, 6.45) is 0. The van der Waals surface area contributed by atoms with E-state index in [-0.39, 0.29) is 10.6 Å². The maximum atomic E-state index is 14.0. The number of rotatable bonds is 2. The Bertz CT molecular complexity index is 472. The van der Waals surface area contributed by atoms with Crippen molar-refractivity contribution >= 4 is 28.5 Å². The highest BCUT2D eigenvalue weighted by atomic mass is 79.9. The fraction of sp³-hybridized carbons (Fsp3) is 0.571. The third-order valence-electron chi connectivity index (χ3n) is 3.98. The number of halogens is 2. The quantitative estimate of drug-likeness (QED) is 0.610. The molecule has 1 heterocycles. The fourth-order valence-electron chi connectivity index (χ4n) is 1.99. The molecule has 19 heavy (non-hydrogen) atoms. The predicted molar refractivity (Wildman–Crippen MR) is 79.5 cm³/mol. The highest BCUT2D eigenvalue weighted by molar-refractivity contribution is 9.09. The molecule has 104 valence electrons. The molecule has 1 aromatic carbocycles. The van der Waals surface area contributed by atoms with Crippen LogP contribution in [0.25, 0.3) is 0 Å². The molecule has 1 saturated heterocycles. The molecule has 0 spiro atoms. The molecule has 0 amide bonds. The van der Waals surface area contributed by atoms with E-state index in [1.165, 1.54) is 6.07 Å². The van der Waals surface area contributed by atoms with Crippen LogP contribution in [-0.4, -0.2) is 18.3 Å². The van der Waals surface area contributed by atoms with Crippen molar-refractivity contribution in [3.8, 4) is 0 Å². The van der Waals surface area contributed by atoms with Gasteiger partial charge < -0.3 is 9.31 Å². The minimum atomic E-state index is -0.515. The Labute approximate surface area is 122 Å². The van der Waals surface area contributed by atoms with Gasteiger partial charge in [0, 0.05) is 10.4 Å². The van der Waals surface area contributed by atoms with Crippen LogP contribution in [0, 0.1) is 5.82 Å². The first-order valence-corrected chi connectivity index (χ1v) is 7.35. The van der Waals surface area contributed by atoms with Gasteiger partial charge in [0.1, 0.15) is 5.82 Å². The Morgan fingerprint density at radius 3 is 2.11 bits per heavy atom. The molecule has 0 bridgehead atoms. The topological polar surface area (TPSA) is 18.5 Å². The maximum absolute atomic E-state index is 14.0. The monoisotopic (exact) mass is 328 g/mol. The Morgan fingerprint density at radius 1 is 1.16 bits per heavy atom. The van der Waals surface area contributed by atoms with Crippen LogP contribution < -0.4 is 5.46 Å². The van der Waals surface area contributed by atoms with Gasteiger partial charge in [-0.15, -0.1) is 0 Å². The van der Waals surface area contributed by atoms with Crippen LogP contribution in [0.1, 0.15) is 45.0 Å². The van der Waals surface area contributed by atoms with Gasteiger partial charge in [-0.05, 0) is 46.1 Å². The van der Waals surface area contributed by atoms with Crippen LogP contribution in [0.5, 0.6) is 0 Å². The molecule has 0 radical (unpaired) electrons. The van der Waals surface area contributed by atoms with E-state index in [0.717, 1.165) is 0 Å². The second-order valence-corrected chi connectivity index (χ2v) is 7.36. The second kappa shape index (κ2) is 4.87. The van der Waals surface area contributed by atoms with Crippen LogP contribution >= 0.6 is 15.9 Å². The summed E-state index contributed by atoms with van der Waals surface area (Å²) < 4.78 is 25.8. The normalized spacial score (nSPS) is 22.6. The molecule has 2 nitrogen and oxygen atoms in total. The van der Waals surface area contributed by atoms with E-state index in [9.17, 15) is 4.39 Å². The minimum absolute atomic E-state index is 0.0140. The Balaban J connectivity index is 2.28. The van der Waals surface area contributed by atoms with Gasteiger partial charge in [-0.1, -0.05) is 28.1 Å². The largest absolute Gasteiger partial charge is 0.494 e. The van der Waals surface area contributed by atoms with Crippen molar-refractivity contribution in [2.75, 3.05) is 0 Å². The zero-order valence-electron chi connectivity index (χ0n) is 12.0. The molecule has 2 rings (SSSR count). The van der Waals surface area contributed by atoms with Crippen molar-refractivity contribution in [3.63, 3.8) is 0 Å². The summed E-state index contributed by atoms with van der Waals surface area (Å²) in [5.74, 6) is -0.239. The van der Waals surface area contributed by atoms with Crippen molar-refractivity contribution in [1.82, 2.24) is 0 Å². The molecular weight excluding hydrogens is 310 g/mol. The van der Waals surface area contributed by atoms with Gasteiger partial charge in [-0.2, -0.15) is 0 Å².